The first-order chi connectivity index (χ1) is 46.9. The molecule has 5 atom stereocenters. The molecule has 0 amide bonds. The van der Waals surface area contributed by atoms with Gasteiger partial charge in [0, 0.05) is 38.9 Å². The van der Waals surface area contributed by atoms with Crippen LogP contribution in [0.15, 0.2) is 72.9 Å². The molecule has 0 saturated heterocycles. The first-order valence-corrected chi connectivity index (χ1v) is 41.1. The van der Waals surface area contributed by atoms with Gasteiger partial charge in [-0.3, -0.25) is 27.7 Å². The van der Waals surface area contributed by atoms with Crippen molar-refractivity contribution in [1.82, 2.24) is 0 Å². The number of esters is 2. The highest BCUT2D eigenvalue weighted by atomic mass is 31.2. The van der Waals surface area contributed by atoms with E-state index in [4.69, 9.17) is 37.0 Å². The van der Waals surface area contributed by atoms with Crippen molar-refractivity contribution in [3.05, 3.63) is 72.9 Å². The molecule has 0 saturated carbocycles. The number of allylic oxidation sites excluding steroid dienone is 12. The Balaban J connectivity index is 5.23. The molecule has 0 heterocycles. The number of ether oxygens (including phenoxy) is 4. The van der Waals surface area contributed by atoms with Crippen LogP contribution in [-0.4, -0.2) is 111 Å². The normalized spacial score (nSPS) is 14.4. The molecule has 0 aliphatic carbocycles. The van der Waals surface area contributed by atoms with Gasteiger partial charge in [0.2, 0.25) is 0 Å². The number of hydrogen-bond donors (Lipinski definition) is 3. The highest BCUT2D eigenvalue weighted by Crippen LogP contribution is 2.45. The fourth-order valence-corrected chi connectivity index (χ4v) is 11.9. The largest absolute Gasteiger partial charge is 0.472 e. The lowest BCUT2D eigenvalue weighted by atomic mass is 10.0. The van der Waals surface area contributed by atoms with Gasteiger partial charge >= 0.3 is 27.6 Å². The van der Waals surface area contributed by atoms with Gasteiger partial charge in [-0.1, -0.05) is 241 Å². The fraction of sp³-hybridized carbons (Fsp3) is 0.792. The summed E-state index contributed by atoms with van der Waals surface area (Å²) in [7, 11) is -9.69. The molecule has 0 fully saturated rings. The molecular weight excluding hydrogens is 1260 g/mol. The molecule has 0 bridgehead atoms. The van der Waals surface area contributed by atoms with Crippen molar-refractivity contribution in [3.63, 3.8) is 0 Å². The maximum atomic E-state index is 13.1. The molecule has 0 rings (SSSR count). The van der Waals surface area contributed by atoms with Crippen LogP contribution >= 0.6 is 15.6 Å². The molecule has 0 radical (unpaired) electrons. The predicted octanol–water partition coefficient (Wildman–Crippen LogP) is 21.0. The lowest BCUT2D eigenvalue weighted by Crippen LogP contribution is -2.29. The van der Waals surface area contributed by atoms with Gasteiger partial charge in [0.1, 0.15) is 37.5 Å². The predicted molar refractivity (Wildman–Crippen MR) is 391 cm³/mol. The van der Waals surface area contributed by atoms with Crippen LogP contribution in [0.2, 0.25) is 0 Å². The van der Waals surface area contributed by atoms with Gasteiger partial charge in [0.25, 0.3) is 0 Å². The lowest BCUT2D eigenvalue weighted by molar-refractivity contribution is -0.154. The smallest absolute Gasteiger partial charge is 0.463 e. The number of rotatable bonds is 76. The first-order valence-electron chi connectivity index (χ1n) is 38.1. The Bertz CT molecular complexity index is 2040. The van der Waals surface area contributed by atoms with Crippen molar-refractivity contribution in [2.45, 2.75) is 340 Å². The van der Waals surface area contributed by atoms with E-state index in [1.54, 1.807) is 0 Å². The number of aldehydes is 2. The number of aliphatic hydroxyl groups excluding tert-OH is 1. The average Bonchev–Trinajstić information content (AvgIpc) is 2.67. The van der Waals surface area contributed by atoms with E-state index < -0.39 is 72.3 Å². The van der Waals surface area contributed by atoms with Crippen LogP contribution in [0.3, 0.4) is 0 Å². The fourth-order valence-electron chi connectivity index (χ4n) is 10.3. The third kappa shape index (κ3) is 72.1. The van der Waals surface area contributed by atoms with Gasteiger partial charge in [0.15, 0.2) is 0 Å². The third-order valence-corrected chi connectivity index (χ3v) is 18.1. The molecule has 2 unspecified atom stereocenters. The highest BCUT2D eigenvalue weighted by Gasteiger charge is 2.29. The van der Waals surface area contributed by atoms with Crippen LogP contribution < -0.4 is 0 Å². The minimum atomic E-state index is -4.85. The second-order valence-electron chi connectivity index (χ2n) is 25.5. The lowest BCUT2D eigenvalue weighted by Gasteiger charge is -2.21. The number of unbranched alkanes of at least 4 members (excludes halogenated alkanes) is 36. The van der Waals surface area contributed by atoms with E-state index in [0.29, 0.717) is 51.7 Å². The topological polar surface area (TPSA) is 237 Å². The van der Waals surface area contributed by atoms with Crippen LogP contribution in [0.25, 0.3) is 0 Å². The van der Waals surface area contributed by atoms with E-state index in [0.717, 1.165) is 192 Å². The highest BCUT2D eigenvalue weighted by molar-refractivity contribution is 7.47. The van der Waals surface area contributed by atoms with E-state index in [-0.39, 0.29) is 26.1 Å². The summed E-state index contributed by atoms with van der Waals surface area (Å²) in [6.45, 7) is 2.23. The Kier molecular flexibility index (Phi) is 70.6. The van der Waals surface area contributed by atoms with Crippen molar-refractivity contribution in [2.24, 2.45) is 0 Å². The number of carbonyl (C=O) groups is 4. The maximum Gasteiger partial charge on any atom is 0.472 e. The molecule has 0 aliphatic rings. The summed E-state index contributed by atoms with van der Waals surface area (Å²) in [6.07, 6.45) is 73.0. The third-order valence-electron chi connectivity index (χ3n) is 16.2. The van der Waals surface area contributed by atoms with Crippen LogP contribution in [0.4, 0.5) is 0 Å². The Morgan fingerprint density at radius 3 is 1.11 bits per heavy atom. The van der Waals surface area contributed by atoms with Crippen LogP contribution in [-0.2, 0) is 65.4 Å². The van der Waals surface area contributed by atoms with Crippen molar-refractivity contribution in [2.75, 3.05) is 52.9 Å². The van der Waals surface area contributed by atoms with E-state index in [2.05, 4.69) is 80.7 Å². The SMILES string of the molecule is CCCCC/C=C\C/C=C\C/C=C\C/C=C\CCCC(=O)OC[C@H](COP(=O)(O)OC[C@@H](O)COP(=O)(O)OC[C@@H](COCCCCCCC/C=C\CCCCCCC=O)OC(=O)CCCCCCCCCCCCCCC)OCCCCCCC/C=C\CCCCCCC=O. The maximum absolute atomic E-state index is 13.1. The number of carbonyl (C=O) groups excluding carboxylic acids is 4. The molecule has 558 valence electrons. The Morgan fingerprint density at radius 2 is 0.667 bits per heavy atom. The Morgan fingerprint density at radius 1 is 0.344 bits per heavy atom. The first kappa shape index (κ1) is 92.8. The van der Waals surface area contributed by atoms with Crippen LogP contribution in [0.1, 0.15) is 322 Å². The van der Waals surface area contributed by atoms with Crippen molar-refractivity contribution < 1.29 is 80.2 Å². The summed E-state index contributed by atoms with van der Waals surface area (Å²) in [5.41, 5.74) is 0. The van der Waals surface area contributed by atoms with Gasteiger partial charge < -0.3 is 43.4 Å². The van der Waals surface area contributed by atoms with Crippen molar-refractivity contribution in [3.8, 4) is 0 Å². The minimum absolute atomic E-state index is 0.0671. The zero-order chi connectivity index (χ0) is 70.0. The summed E-state index contributed by atoms with van der Waals surface area (Å²) < 4.78 is 69.7. The van der Waals surface area contributed by atoms with Gasteiger partial charge in [-0.15, -0.1) is 0 Å². The molecule has 0 aliphatic heterocycles. The quantitative estimate of drug-likeness (QED) is 0.0169. The second kappa shape index (κ2) is 73.1. The Labute approximate surface area is 583 Å². The molecule has 0 aromatic carbocycles. The summed E-state index contributed by atoms with van der Waals surface area (Å²) >= 11 is 0. The average molecular weight is 1400 g/mol. The number of phosphoric ester groups is 2. The van der Waals surface area contributed by atoms with E-state index >= 15 is 0 Å². The van der Waals surface area contributed by atoms with E-state index in [1.807, 2.05) is 6.08 Å². The second-order valence-corrected chi connectivity index (χ2v) is 28.4. The van der Waals surface area contributed by atoms with Crippen LogP contribution in [0.5, 0.6) is 0 Å². The zero-order valence-electron chi connectivity index (χ0n) is 60.4. The van der Waals surface area contributed by atoms with Crippen molar-refractivity contribution >= 4 is 40.2 Å². The zero-order valence-corrected chi connectivity index (χ0v) is 62.2. The summed E-state index contributed by atoms with van der Waals surface area (Å²) in [4.78, 5) is 68.0. The van der Waals surface area contributed by atoms with Crippen molar-refractivity contribution in [1.29, 1.82) is 0 Å². The molecule has 0 spiro atoms. The molecular formula is C77H138O17P2. The standard InChI is InChI=1S/C77H138O17P2/c1-3-5-7-9-11-13-15-17-18-19-20-26-31-37-43-49-55-61-76(81)89-70-74(88-66-60-54-48-42-36-30-24-22-28-34-40-46-52-58-64-79)71-92-95(83,84)90-67-73(80)68-91-96(85,86)93-72-75(94-77(82)62-56-50-44-38-32-25-16-14-12-10-8-6-4-2)69-87-65-59-53-47-41-35-29-23-21-27-33-39-45-51-57-63-78/h11,13,17-18,20-24,26,37,43,63-64,73-75,80H,3-10,12,14-16,19,25,27-36,38-42,44-62,65-72H2,1-2H3,(H,83,84)(H,85,86)/b13-11-,18-17-,23-21-,24-22-,26-20-,43-37-/t73-,74-,75-/m1/s1. The monoisotopic (exact) mass is 1400 g/mol. The molecule has 19 heteroatoms. The van der Waals surface area contributed by atoms with E-state index in [9.17, 15) is 43.2 Å². The summed E-state index contributed by atoms with van der Waals surface area (Å²) in [6, 6.07) is 0. The number of phosphoric acid groups is 2. The van der Waals surface area contributed by atoms with Gasteiger partial charge in [-0.25, -0.2) is 9.13 Å². The minimum Gasteiger partial charge on any atom is -0.463 e. The van der Waals surface area contributed by atoms with E-state index in [1.165, 1.54) is 77.0 Å². The van der Waals surface area contributed by atoms with Gasteiger partial charge in [-0.05, 0) is 128 Å². The van der Waals surface area contributed by atoms with Gasteiger partial charge in [-0.2, -0.15) is 0 Å². The molecule has 17 nitrogen and oxygen atoms in total. The molecule has 96 heavy (non-hydrogen) atoms. The van der Waals surface area contributed by atoms with Gasteiger partial charge in [0.05, 0.1) is 33.0 Å². The Hall–Kier alpha value is -3.18. The van der Waals surface area contributed by atoms with Crippen LogP contribution in [0, 0.1) is 0 Å². The molecule has 0 aromatic heterocycles. The summed E-state index contributed by atoms with van der Waals surface area (Å²) in [5, 5.41) is 10.6. The number of aliphatic hydroxyl groups is 1. The number of hydrogen-bond acceptors (Lipinski definition) is 15. The summed E-state index contributed by atoms with van der Waals surface area (Å²) in [5.74, 6) is -0.906. The molecule has 3 N–H and O–H groups in total. The molecule has 0 aromatic rings.